The number of carbonyl (C=O) groups is 1. The Kier molecular flexibility index (Phi) is 3.41. The molecule has 1 saturated carbocycles. The van der Waals surface area contributed by atoms with Gasteiger partial charge >= 0.3 is 0 Å². The van der Waals surface area contributed by atoms with Crippen LogP contribution in [0.2, 0.25) is 0 Å². The Hall–Kier alpha value is -2.62. The third kappa shape index (κ3) is 2.39. The first-order chi connectivity index (χ1) is 11.6. The highest BCUT2D eigenvalue weighted by Crippen LogP contribution is 2.50. The maximum atomic E-state index is 13.9. The fourth-order valence-corrected chi connectivity index (χ4v) is 3.54. The quantitative estimate of drug-likeness (QED) is 0.771. The zero-order valence-corrected chi connectivity index (χ0v) is 13.6. The Morgan fingerprint density at radius 3 is 2.62 bits per heavy atom. The van der Waals surface area contributed by atoms with Crippen molar-refractivity contribution in [1.82, 2.24) is 9.88 Å². The molecule has 24 heavy (non-hydrogen) atoms. The molecule has 122 valence electrons. The van der Waals surface area contributed by atoms with E-state index in [2.05, 4.69) is 23.3 Å². The minimum atomic E-state index is -0.466. The van der Waals surface area contributed by atoms with E-state index in [0.717, 1.165) is 18.4 Å². The molecule has 1 amide bonds. The maximum absolute atomic E-state index is 13.9. The summed E-state index contributed by atoms with van der Waals surface area (Å²) in [6.07, 6.45) is 4.15. The number of benzene rings is 2. The molecule has 0 saturated heterocycles. The van der Waals surface area contributed by atoms with Crippen molar-refractivity contribution in [2.24, 2.45) is 0 Å². The van der Waals surface area contributed by atoms with E-state index in [9.17, 15) is 9.18 Å². The number of likely N-dealkylation sites (N-methyl/N-ethyl adjacent to an activating group) is 1. The Morgan fingerprint density at radius 1 is 1.17 bits per heavy atom. The standard InChI is InChI=1S/C20H19FN2O/c1-23(19(24)15-7-2-4-8-17(15)21)13-20(10-11-20)16-12-22-18-9-5-3-6-14(16)18/h2-9,12,22H,10-11,13H2,1H3. The van der Waals surface area contributed by atoms with Crippen LogP contribution in [0.25, 0.3) is 10.9 Å². The highest BCUT2D eigenvalue weighted by molar-refractivity contribution is 5.94. The number of para-hydroxylation sites is 1. The monoisotopic (exact) mass is 322 g/mol. The summed E-state index contributed by atoms with van der Waals surface area (Å²) < 4.78 is 13.9. The van der Waals surface area contributed by atoms with E-state index in [4.69, 9.17) is 0 Å². The number of aromatic nitrogens is 1. The molecule has 0 atom stereocenters. The molecule has 0 aliphatic heterocycles. The molecule has 0 radical (unpaired) electrons. The summed E-state index contributed by atoms with van der Waals surface area (Å²) in [4.78, 5) is 17.5. The fourth-order valence-electron chi connectivity index (χ4n) is 3.54. The van der Waals surface area contributed by atoms with E-state index in [0.29, 0.717) is 6.54 Å². The Bertz CT molecular complexity index is 911. The molecule has 3 aromatic rings. The van der Waals surface area contributed by atoms with Crippen LogP contribution in [0.1, 0.15) is 28.8 Å². The van der Waals surface area contributed by atoms with Crippen molar-refractivity contribution >= 4 is 16.8 Å². The first-order valence-corrected chi connectivity index (χ1v) is 8.17. The molecule has 1 aliphatic rings. The van der Waals surface area contributed by atoms with Crippen molar-refractivity contribution in [2.45, 2.75) is 18.3 Å². The largest absolute Gasteiger partial charge is 0.361 e. The van der Waals surface area contributed by atoms with E-state index in [1.54, 1.807) is 30.1 Å². The number of hydrogen-bond acceptors (Lipinski definition) is 1. The topological polar surface area (TPSA) is 36.1 Å². The minimum absolute atomic E-state index is 0.0186. The fraction of sp³-hybridized carbons (Fsp3) is 0.250. The molecule has 1 aromatic heterocycles. The van der Waals surface area contributed by atoms with Gasteiger partial charge in [0.2, 0.25) is 0 Å². The van der Waals surface area contributed by atoms with Gasteiger partial charge in [-0.25, -0.2) is 4.39 Å². The van der Waals surface area contributed by atoms with E-state index in [-0.39, 0.29) is 16.9 Å². The van der Waals surface area contributed by atoms with Crippen molar-refractivity contribution in [1.29, 1.82) is 0 Å². The summed E-state index contributed by atoms with van der Waals surface area (Å²) in [5.74, 6) is -0.731. The summed E-state index contributed by atoms with van der Waals surface area (Å²) in [7, 11) is 1.75. The van der Waals surface area contributed by atoms with Crippen LogP contribution in [0.4, 0.5) is 4.39 Å². The summed E-state index contributed by atoms with van der Waals surface area (Å²) in [5.41, 5.74) is 2.48. The number of aromatic amines is 1. The van der Waals surface area contributed by atoms with Crippen molar-refractivity contribution in [3.05, 3.63) is 71.7 Å². The molecule has 1 heterocycles. The van der Waals surface area contributed by atoms with Crippen LogP contribution >= 0.6 is 0 Å². The Labute approximate surface area is 140 Å². The number of hydrogen-bond donors (Lipinski definition) is 1. The smallest absolute Gasteiger partial charge is 0.256 e. The van der Waals surface area contributed by atoms with Gasteiger partial charge in [-0.05, 0) is 36.6 Å². The second-order valence-corrected chi connectivity index (χ2v) is 6.67. The number of carbonyl (C=O) groups excluding carboxylic acids is 1. The highest BCUT2D eigenvalue weighted by Gasteiger charge is 2.47. The van der Waals surface area contributed by atoms with Crippen molar-refractivity contribution < 1.29 is 9.18 Å². The lowest BCUT2D eigenvalue weighted by molar-refractivity contribution is 0.0777. The molecule has 1 aliphatic carbocycles. The predicted molar refractivity (Wildman–Crippen MR) is 92.6 cm³/mol. The van der Waals surface area contributed by atoms with E-state index in [1.807, 2.05) is 12.1 Å². The van der Waals surface area contributed by atoms with Gasteiger partial charge in [0.05, 0.1) is 5.56 Å². The molecule has 1 N–H and O–H groups in total. The first-order valence-electron chi connectivity index (χ1n) is 8.17. The van der Waals surface area contributed by atoms with Crippen LogP contribution < -0.4 is 0 Å². The SMILES string of the molecule is CN(CC1(c2c[nH]c3ccccc23)CC1)C(=O)c1ccccc1F. The van der Waals surface area contributed by atoms with Crippen LogP contribution in [-0.2, 0) is 5.41 Å². The van der Waals surface area contributed by atoms with Crippen molar-refractivity contribution in [2.75, 3.05) is 13.6 Å². The number of fused-ring (bicyclic) bond motifs is 1. The Morgan fingerprint density at radius 2 is 1.88 bits per heavy atom. The van der Waals surface area contributed by atoms with Crippen LogP contribution in [-0.4, -0.2) is 29.4 Å². The van der Waals surface area contributed by atoms with Crippen molar-refractivity contribution in [3.63, 3.8) is 0 Å². The first kappa shape index (κ1) is 14.9. The zero-order chi connectivity index (χ0) is 16.7. The molecule has 4 rings (SSSR count). The van der Waals surface area contributed by atoms with Crippen LogP contribution in [0.15, 0.2) is 54.7 Å². The third-order valence-corrected chi connectivity index (χ3v) is 5.00. The zero-order valence-electron chi connectivity index (χ0n) is 13.6. The lowest BCUT2D eigenvalue weighted by atomic mass is 9.94. The summed E-state index contributed by atoms with van der Waals surface area (Å²) in [6.45, 7) is 0.599. The van der Waals surface area contributed by atoms with Gasteiger partial charge in [0.1, 0.15) is 5.82 Å². The van der Waals surface area contributed by atoms with Gasteiger partial charge in [0, 0.05) is 36.1 Å². The average Bonchev–Trinajstić information content (AvgIpc) is 3.23. The number of nitrogens with one attached hydrogen (secondary N) is 1. The van der Waals surface area contributed by atoms with Gasteiger partial charge in [-0.15, -0.1) is 0 Å². The number of nitrogens with zero attached hydrogens (tertiary/aromatic N) is 1. The molecule has 1 fully saturated rings. The number of amides is 1. The molecular formula is C20H19FN2O. The normalized spacial score (nSPS) is 15.4. The van der Waals surface area contributed by atoms with Gasteiger partial charge < -0.3 is 9.88 Å². The van der Waals surface area contributed by atoms with E-state index >= 15 is 0 Å². The molecule has 3 nitrogen and oxygen atoms in total. The average molecular weight is 322 g/mol. The second-order valence-electron chi connectivity index (χ2n) is 6.67. The van der Waals surface area contributed by atoms with Gasteiger partial charge in [0.25, 0.3) is 5.91 Å². The molecule has 0 spiro atoms. The van der Waals surface area contributed by atoms with Crippen LogP contribution in [0, 0.1) is 5.82 Å². The number of halogens is 1. The maximum Gasteiger partial charge on any atom is 0.256 e. The van der Waals surface area contributed by atoms with Crippen molar-refractivity contribution in [3.8, 4) is 0 Å². The second kappa shape index (κ2) is 5.48. The lowest BCUT2D eigenvalue weighted by Gasteiger charge is -2.24. The summed E-state index contributed by atoms with van der Waals surface area (Å²) in [5, 5.41) is 1.21. The number of H-pyrrole nitrogens is 1. The predicted octanol–water partition coefficient (Wildman–Crippen LogP) is 4.11. The van der Waals surface area contributed by atoms with Gasteiger partial charge in [-0.1, -0.05) is 30.3 Å². The van der Waals surface area contributed by atoms with E-state index in [1.165, 1.54) is 17.0 Å². The molecular weight excluding hydrogens is 303 g/mol. The van der Waals surface area contributed by atoms with Gasteiger partial charge in [-0.2, -0.15) is 0 Å². The molecule has 4 heteroatoms. The van der Waals surface area contributed by atoms with Gasteiger partial charge in [0.15, 0.2) is 0 Å². The molecule has 2 aromatic carbocycles. The number of rotatable bonds is 4. The molecule has 0 bridgehead atoms. The summed E-state index contributed by atoms with van der Waals surface area (Å²) in [6, 6.07) is 14.4. The van der Waals surface area contributed by atoms with E-state index < -0.39 is 5.82 Å². The Balaban J connectivity index is 1.60. The third-order valence-electron chi connectivity index (χ3n) is 5.00. The summed E-state index contributed by atoms with van der Waals surface area (Å²) >= 11 is 0. The lowest BCUT2D eigenvalue weighted by Crippen LogP contribution is -2.34. The van der Waals surface area contributed by atoms with Crippen LogP contribution in [0.3, 0.4) is 0 Å². The minimum Gasteiger partial charge on any atom is -0.361 e. The molecule has 0 unspecified atom stereocenters. The van der Waals surface area contributed by atoms with Crippen LogP contribution in [0.5, 0.6) is 0 Å². The highest BCUT2D eigenvalue weighted by atomic mass is 19.1. The van der Waals surface area contributed by atoms with Gasteiger partial charge in [-0.3, -0.25) is 4.79 Å².